The fourth-order valence-electron chi connectivity index (χ4n) is 2.73. The van der Waals surface area contributed by atoms with E-state index in [-0.39, 0.29) is 18.2 Å². The number of benzene rings is 3. The van der Waals surface area contributed by atoms with Crippen LogP contribution in [-0.4, -0.2) is 0 Å². The number of aryl methyl sites for hydroxylation is 1. The molecule has 0 amide bonds. The van der Waals surface area contributed by atoms with Gasteiger partial charge in [0.05, 0.1) is 0 Å². The third kappa shape index (κ3) is 4.44. The topological polar surface area (TPSA) is 9.23 Å². The molecule has 0 saturated carbocycles. The number of halogens is 2. The molecule has 0 aliphatic heterocycles. The zero-order chi connectivity index (χ0) is 17.6. The normalized spacial score (nSPS) is 11.3. The van der Waals surface area contributed by atoms with Crippen LogP contribution in [-0.2, 0) is 13.0 Å². The van der Waals surface area contributed by atoms with E-state index in [1.807, 2.05) is 25.1 Å². The number of rotatable bonds is 6. The van der Waals surface area contributed by atoms with Crippen molar-refractivity contribution in [1.82, 2.24) is 0 Å². The largest absolute Gasteiger partial charge is 0.489 e. The number of ether oxygens (including phenoxy) is 1. The molecular weight excluding hydrogens is 318 g/mol. The van der Waals surface area contributed by atoms with Crippen LogP contribution in [0.4, 0.5) is 8.78 Å². The average molecular weight is 338 g/mol. The van der Waals surface area contributed by atoms with Crippen molar-refractivity contribution in [3.8, 4) is 5.75 Å². The maximum absolute atomic E-state index is 14.2. The highest BCUT2D eigenvalue weighted by atomic mass is 19.1. The minimum atomic E-state index is -0.266. The van der Waals surface area contributed by atoms with Crippen LogP contribution in [0.15, 0.2) is 66.7 Å². The summed E-state index contributed by atoms with van der Waals surface area (Å²) in [6, 6.07) is 15.3. The van der Waals surface area contributed by atoms with Crippen LogP contribution in [0.25, 0.3) is 10.8 Å². The van der Waals surface area contributed by atoms with Gasteiger partial charge in [0.2, 0.25) is 0 Å². The lowest BCUT2D eigenvalue weighted by Gasteiger charge is -2.09. The van der Waals surface area contributed by atoms with E-state index < -0.39 is 0 Å². The summed E-state index contributed by atoms with van der Waals surface area (Å²) in [5, 5.41) is 1.70. The van der Waals surface area contributed by atoms with Gasteiger partial charge in [0.25, 0.3) is 0 Å². The van der Waals surface area contributed by atoms with Gasteiger partial charge < -0.3 is 4.74 Å². The molecule has 0 spiro atoms. The Morgan fingerprint density at radius 1 is 0.920 bits per heavy atom. The van der Waals surface area contributed by atoms with Crippen molar-refractivity contribution in [3.05, 3.63) is 89.5 Å². The molecule has 3 aromatic rings. The fourth-order valence-corrected chi connectivity index (χ4v) is 2.73. The molecule has 0 aliphatic rings. The van der Waals surface area contributed by atoms with Gasteiger partial charge in [0.1, 0.15) is 24.0 Å². The minimum Gasteiger partial charge on any atom is -0.489 e. The summed E-state index contributed by atoms with van der Waals surface area (Å²) in [5.74, 6) is 0.120. The van der Waals surface area contributed by atoms with Crippen molar-refractivity contribution in [2.75, 3.05) is 0 Å². The van der Waals surface area contributed by atoms with E-state index in [4.69, 9.17) is 4.74 Å². The van der Waals surface area contributed by atoms with Crippen LogP contribution < -0.4 is 4.74 Å². The molecular formula is C22H20F2O. The van der Waals surface area contributed by atoms with Crippen molar-refractivity contribution in [3.63, 3.8) is 0 Å². The van der Waals surface area contributed by atoms with Crippen molar-refractivity contribution in [1.29, 1.82) is 0 Å². The molecule has 0 saturated heterocycles. The first-order valence-electron chi connectivity index (χ1n) is 8.36. The van der Waals surface area contributed by atoms with Crippen molar-refractivity contribution < 1.29 is 13.5 Å². The first-order chi connectivity index (χ1) is 12.2. The molecule has 0 aromatic heterocycles. The monoisotopic (exact) mass is 338 g/mol. The second-order valence-electron chi connectivity index (χ2n) is 5.98. The summed E-state index contributed by atoms with van der Waals surface area (Å²) in [5.41, 5.74) is 1.50. The average Bonchev–Trinajstić information content (AvgIpc) is 2.61. The molecule has 0 unspecified atom stereocenters. The molecule has 0 bridgehead atoms. The molecule has 0 radical (unpaired) electrons. The number of hydrogen-bond donors (Lipinski definition) is 0. The summed E-state index contributed by atoms with van der Waals surface area (Å²) < 4.78 is 33.1. The van der Waals surface area contributed by atoms with E-state index in [1.165, 1.54) is 12.1 Å². The Morgan fingerprint density at radius 2 is 1.72 bits per heavy atom. The highest BCUT2D eigenvalue weighted by Gasteiger charge is 2.06. The predicted molar refractivity (Wildman–Crippen MR) is 97.8 cm³/mol. The predicted octanol–water partition coefficient (Wildman–Crippen LogP) is 6.21. The van der Waals surface area contributed by atoms with Gasteiger partial charge in [-0.05, 0) is 66.4 Å². The summed E-state index contributed by atoms with van der Waals surface area (Å²) in [6.07, 6.45) is 5.80. The van der Waals surface area contributed by atoms with Gasteiger partial charge in [-0.3, -0.25) is 0 Å². The maximum atomic E-state index is 14.2. The molecule has 0 heterocycles. The van der Waals surface area contributed by atoms with Crippen molar-refractivity contribution >= 4 is 10.8 Å². The van der Waals surface area contributed by atoms with Crippen LogP contribution in [0.3, 0.4) is 0 Å². The molecule has 0 atom stereocenters. The molecule has 0 aliphatic carbocycles. The van der Waals surface area contributed by atoms with Gasteiger partial charge >= 0.3 is 0 Å². The first kappa shape index (κ1) is 17.2. The maximum Gasteiger partial charge on any atom is 0.130 e. The molecule has 1 nitrogen and oxygen atoms in total. The van der Waals surface area contributed by atoms with Gasteiger partial charge in [-0.25, -0.2) is 8.78 Å². The molecule has 0 N–H and O–H groups in total. The zero-order valence-corrected chi connectivity index (χ0v) is 14.1. The number of fused-ring (bicyclic) bond motifs is 1. The number of hydrogen-bond acceptors (Lipinski definition) is 1. The molecule has 128 valence electrons. The van der Waals surface area contributed by atoms with Crippen LogP contribution in [0.1, 0.15) is 24.5 Å². The van der Waals surface area contributed by atoms with Gasteiger partial charge in [-0.15, -0.1) is 0 Å². The van der Waals surface area contributed by atoms with Crippen LogP contribution in [0, 0.1) is 11.6 Å². The Morgan fingerprint density at radius 3 is 2.52 bits per heavy atom. The quantitative estimate of drug-likeness (QED) is 0.486. The summed E-state index contributed by atoms with van der Waals surface area (Å²) in [7, 11) is 0. The van der Waals surface area contributed by atoms with Crippen molar-refractivity contribution in [2.45, 2.75) is 26.4 Å². The van der Waals surface area contributed by atoms with Crippen molar-refractivity contribution in [2.24, 2.45) is 0 Å². The second kappa shape index (κ2) is 7.93. The van der Waals surface area contributed by atoms with E-state index in [0.717, 1.165) is 29.2 Å². The highest BCUT2D eigenvalue weighted by Crippen LogP contribution is 2.23. The summed E-state index contributed by atoms with van der Waals surface area (Å²) in [6.45, 7) is 2.14. The summed E-state index contributed by atoms with van der Waals surface area (Å²) >= 11 is 0. The first-order valence-corrected chi connectivity index (χ1v) is 8.36. The Hall–Kier alpha value is -2.68. The van der Waals surface area contributed by atoms with Gasteiger partial charge in [0, 0.05) is 5.56 Å². The lowest BCUT2D eigenvalue weighted by Crippen LogP contribution is -1.99. The minimum absolute atomic E-state index is 0.160. The van der Waals surface area contributed by atoms with E-state index in [0.29, 0.717) is 11.3 Å². The summed E-state index contributed by atoms with van der Waals surface area (Å²) in [4.78, 5) is 0. The van der Waals surface area contributed by atoms with E-state index >= 15 is 0 Å². The van der Waals surface area contributed by atoms with Crippen LogP contribution in [0.2, 0.25) is 0 Å². The highest BCUT2D eigenvalue weighted by molar-refractivity contribution is 5.83. The van der Waals surface area contributed by atoms with Gasteiger partial charge in [-0.1, -0.05) is 36.4 Å². The molecule has 3 rings (SSSR count). The molecule has 3 heteroatoms. The lowest BCUT2D eigenvalue weighted by atomic mass is 10.1. The SMILES string of the molecule is C/C=C/CCc1ccc(COc2ccc3cc(F)ccc3c2)c(F)c1. The third-order valence-corrected chi connectivity index (χ3v) is 4.12. The Bertz CT molecular complexity index is 900. The zero-order valence-electron chi connectivity index (χ0n) is 14.1. The number of allylic oxidation sites excluding steroid dienone is 2. The van der Waals surface area contributed by atoms with Crippen LogP contribution in [0.5, 0.6) is 5.75 Å². The molecule has 3 aromatic carbocycles. The molecule has 25 heavy (non-hydrogen) atoms. The lowest BCUT2D eigenvalue weighted by molar-refractivity contribution is 0.300. The van der Waals surface area contributed by atoms with Gasteiger partial charge in [-0.2, -0.15) is 0 Å². The smallest absolute Gasteiger partial charge is 0.130 e. The fraction of sp³-hybridized carbons (Fsp3) is 0.182. The standard InChI is InChI=1S/C22H20F2O/c1-2-3-4-5-16-6-7-19(22(24)12-16)15-25-21-11-9-17-13-20(23)10-8-18(17)14-21/h2-3,6-14H,4-5,15H2,1H3/b3-2+. The van der Waals surface area contributed by atoms with E-state index in [2.05, 4.69) is 6.08 Å². The Balaban J connectivity index is 1.67. The van der Waals surface area contributed by atoms with Gasteiger partial charge in [0.15, 0.2) is 0 Å². The van der Waals surface area contributed by atoms with E-state index in [9.17, 15) is 8.78 Å². The van der Waals surface area contributed by atoms with E-state index in [1.54, 1.807) is 30.3 Å². The third-order valence-electron chi connectivity index (χ3n) is 4.12. The second-order valence-corrected chi connectivity index (χ2v) is 5.98. The Kier molecular flexibility index (Phi) is 5.44. The Labute approximate surface area is 146 Å². The molecule has 0 fully saturated rings. The van der Waals surface area contributed by atoms with Crippen LogP contribution >= 0.6 is 0 Å².